The van der Waals surface area contributed by atoms with E-state index in [0.717, 1.165) is 18.8 Å². The van der Waals surface area contributed by atoms with Crippen LogP contribution in [0.25, 0.3) is 0 Å². The van der Waals surface area contributed by atoms with E-state index in [0.29, 0.717) is 28.4 Å². The molecule has 9 nitrogen and oxygen atoms in total. The number of aliphatic hydroxyl groups is 1. The fourth-order valence-electron chi connectivity index (χ4n) is 5.90. The normalized spacial score (nSPS) is 21.8. The van der Waals surface area contributed by atoms with Gasteiger partial charge in [0.15, 0.2) is 0 Å². The highest BCUT2D eigenvalue weighted by molar-refractivity contribution is 6.11. The minimum Gasteiger partial charge on any atom is -0.495 e. The molecule has 3 aromatic carbocycles. The van der Waals surface area contributed by atoms with Crippen molar-refractivity contribution in [2.24, 2.45) is 11.8 Å². The lowest BCUT2D eigenvalue weighted by Crippen LogP contribution is -2.56. The molecule has 1 aliphatic carbocycles. The zero-order chi connectivity index (χ0) is 30.4. The quantitative estimate of drug-likeness (QED) is 0.296. The third kappa shape index (κ3) is 6.26. The molecule has 9 heteroatoms. The summed E-state index contributed by atoms with van der Waals surface area (Å²) in [6, 6.07) is 21.4. The van der Waals surface area contributed by atoms with Crippen LogP contribution in [0, 0.1) is 11.8 Å². The predicted octanol–water partition coefficient (Wildman–Crippen LogP) is 4.87. The number of nitrogens with one attached hydrogen (secondary N) is 2. The van der Waals surface area contributed by atoms with E-state index in [-0.39, 0.29) is 6.42 Å². The molecule has 0 aromatic heterocycles. The molecule has 42 heavy (non-hydrogen) atoms. The first-order valence-electron chi connectivity index (χ1n) is 14.1. The first-order chi connectivity index (χ1) is 20.1. The van der Waals surface area contributed by atoms with Gasteiger partial charge in [-0.25, -0.2) is 0 Å². The van der Waals surface area contributed by atoms with Gasteiger partial charge in [0.25, 0.3) is 0 Å². The Morgan fingerprint density at radius 1 is 0.857 bits per heavy atom. The summed E-state index contributed by atoms with van der Waals surface area (Å²) in [6.45, 7) is 7.21. The molecule has 0 bridgehead atoms. The average molecular weight is 574 g/mol. The molecule has 0 unspecified atom stereocenters. The SMILES string of the molecule is CCN(CC)c1ccc([C@@H]2[C@H](C(=O)Nc3ccccc3OC)C(=O)C[C@@](C)(O)[C@@H]2C(=O)Nc2ccccc2OC)cc1. The molecule has 4 atom stereocenters. The Labute approximate surface area is 246 Å². The summed E-state index contributed by atoms with van der Waals surface area (Å²) >= 11 is 0. The van der Waals surface area contributed by atoms with Crippen molar-refractivity contribution in [2.75, 3.05) is 42.8 Å². The van der Waals surface area contributed by atoms with E-state index in [4.69, 9.17) is 9.47 Å². The lowest BCUT2D eigenvalue weighted by Gasteiger charge is -2.44. The van der Waals surface area contributed by atoms with Crippen molar-refractivity contribution < 1.29 is 29.0 Å². The third-order valence-corrected chi connectivity index (χ3v) is 7.97. The second-order valence-electron chi connectivity index (χ2n) is 10.6. The Morgan fingerprint density at radius 2 is 1.36 bits per heavy atom. The maximum atomic E-state index is 14.0. The number of benzene rings is 3. The monoisotopic (exact) mass is 573 g/mol. The first-order valence-corrected chi connectivity index (χ1v) is 14.1. The molecule has 0 spiro atoms. The van der Waals surface area contributed by atoms with Crippen LogP contribution in [0.5, 0.6) is 11.5 Å². The summed E-state index contributed by atoms with van der Waals surface area (Å²) < 4.78 is 10.8. The van der Waals surface area contributed by atoms with Gasteiger partial charge in [-0.05, 0) is 62.7 Å². The topological polar surface area (TPSA) is 117 Å². The van der Waals surface area contributed by atoms with E-state index in [9.17, 15) is 19.5 Å². The van der Waals surface area contributed by atoms with E-state index in [1.165, 1.54) is 21.1 Å². The van der Waals surface area contributed by atoms with E-state index < -0.39 is 41.0 Å². The molecule has 1 fully saturated rings. The van der Waals surface area contributed by atoms with Gasteiger partial charge in [-0.2, -0.15) is 0 Å². The number of carbonyl (C=O) groups excluding carboxylic acids is 3. The molecular formula is C33H39N3O6. The standard InChI is InChI=1S/C33H39N3O6/c1-6-36(7-2)22-18-16-21(17-19-22)28-29(31(38)34-23-12-8-10-14-26(23)41-4)25(37)20-33(3,40)30(28)32(39)35-24-13-9-11-15-27(24)42-5/h8-19,28-30,40H,6-7,20H2,1-5H3,(H,34,38)(H,35,39)/t28-,29-,30+,33-/m1/s1. The van der Waals surface area contributed by atoms with Crippen LogP contribution in [0.2, 0.25) is 0 Å². The summed E-state index contributed by atoms with van der Waals surface area (Å²) in [4.78, 5) is 43.8. The van der Waals surface area contributed by atoms with E-state index in [1.807, 2.05) is 24.3 Å². The molecule has 0 radical (unpaired) electrons. The van der Waals surface area contributed by atoms with Crippen molar-refractivity contribution in [3.05, 3.63) is 78.4 Å². The lowest BCUT2D eigenvalue weighted by atomic mass is 9.61. The van der Waals surface area contributed by atoms with Crippen molar-refractivity contribution in [3.8, 4) is 11.5 Å². The molecule has 1 saturated carbocycles. The van der Waals surface area contributed by atoms with Crippen molar-refractivity contribution in [1.82, 2.24) is 0 Å². The number of methoxy groups -OCH3 is 2. The largest absolute Gasteiger partial charge is 0.495 e. The highest BCUT2D eigenvalue weighted by Crippen LogP contribution is 2.47. The Bertz CT molecular complexity index is 1420. The highest BCUT2D eigenvalue weighted by Gasteiger charge is 2.56. The summed E-state index contributed by atoms with van der Waals surface area (Å²) in [5.41, 5.74) is 0.665. The Kier molecular flexibility index (Phi) is 9.52. The zero-order valence-corrected chi connectivity index (χ0v) is 24.7. The molecule has 0 saturated heterocycles. The van der Waals surface area contributed by atoms with E-state index >= 15 is 0 Å². The number of hydrogen-bond donors (Lipinski definition) is 3. The number of ketones is 1. The number of Topliss-reactive ketones (excluding diaryl/α,β-unsaturated/α-hetero) is 1. The van der Waals surface area contributed by atoms with Crippen molar-refractivity contribution in [3.63, 3.8) is 0 Å². The zero-order valence-electron chi connectivity index (χ0n) is 24.7. The second-order valence-corrected chi connectivity index (χ2v) is 10.6. The highest BCUT2D eigenvalue weighted by atomic mass is 16.5. The van der Waals surface area contributed by atoms with Crippen LogP contribution in [0.15, 0.2) is 72.8 Å². The summed E-state index contributed by atoms with van der Waals surface area (Å²) in [7, 11) is 2.99. The summed E-state index contributed by atoms with van der Waals surface area (Å²) in [6.07, 6.45) is -0.366. The number of nitrogens with zero attached hydrogens (tertiary/aromatic N) is 1. The van der Waals surface area contributed by atoms with Gasteiger partial charge >= 0.3 is 0 Å². The molecule has 2 amide bonds. The Morgan fingerprint density at radius 3 is 1.86 bits per heavy atom. The van der Waals surface area contributed by atoms with Crippen molar-refractivity contribution in [2.45, 2.75) is 38.7 Å². The number of para-hydroxylation sites is 4. The van der Waals surface area contributed by atoms with Gasteiger partial charge in [0.05, 0.1) is 37.1 Å². The fourth-order valence-corrected chi connectivity index (χ4v) is 5.90. The molecule has 4 rings (SSSR count). The molecule has 3 N–H and O–H groups in total. The van der Waals surface area contributed by atoms with Crippen LogP contribution in [-0.4, -0.2) is 55.6 Å². The van der Waals surface area contributed by atoms with Gasteiger partial charge in [-0.1, -0.05) is 36.4 Å². The van der Waals surface area contributed by atoms with Gasteiger partial charge < -0.3 is 30.1 Å². The molecule has 3 aromatic rings. The van der Waals surface area contributed by atoms with Crippen molar-refractivity contribution in [1.29, 1.82) is 0 Å². The van der Waals surface area contributed by atoms with Gasteiger partial charge in [-0.15, -0.1) is 0 Å². The van der Waals surface area contributed by atoms with E-state index in [1.54, 1.807) is 48.5 Å². The number of ether oxygens (including phenoxy) is 2. The van der Waals surface area contributed by atoms with Crippen LogP contribution >= 0.6 is 0 Å². The maximum absolute atomic E-state index is 14.0. The van der Waals surface area contributed by atoms with Gasteiger partial charge in [-0.3, -0.25) is 14.4 Å². The van der Waals surface area contributed by atoms with Crippen LogP contribution in [0.4, 0.5) is 17.1 Å². The van der Waals surface area contributed by atoms with Crippen LogP contribution < -0.4 is 25.0 Å². The maximum Gasteiger partial charge on any atom is 0.235 e. The molecule has 0 aliphatic heterocycles. The van der Waals surface area contributed by atoms with Gasteiger partial charge in [0, 0.05) is 31.1 Å². The number of anilines is 3. The number of hydrogen-bond acceptors (Lipinski definition) is 7. The smallest absolute Gasteiger partial charge is 0.235 e. The number of rotatable bonds is 10. The van der Waals surface area contributed by atoms with Crippen molar-refractivity contribution >= 4 is 34.7 Å². The summed E-state index contributed by atoms with van der Waals surface area (Å²) in [5, 5.41) is 17.3. The third-order valence-electron chi connectivity index (χ3n) is 7.97. The molecular weight excluding hydrogens is 534 g/mol. The summed E-state index contributed by atoms with van der Waals surface area (Å²) in [5.74, 6) is -4.02. The van der Waals surface area contributed by atoms with Crippen LogP contribution in [-0.2, 0) is 14.4 Å². The molecule has 1 aliphatic rings. The fraction of sp³-hybridized carbons (Fsp3) is 0.364. The lowest BCUT2D eigenvalue weighted by molar-refractivity contribution is -0.150. The Balaban J connectivity index is 1.80. The second kappa shape index (κ2) is 13.1. The predicted molar refractivity (Wildman–Crippen MR) is 163 cm³/mol. The number of carbonyl (C=O) groups is 3. The molecule has 222 valence electrons. The minimum atomic E-state index is -1.73. The molecule has 0 heterocycles. The van der Waals surface area contributed by atoms with Gasteiger partial charge in [0.2, 0.25) is 11.8 Å². The average Bonchev–Trinajstić information content (AvgIpc) is 2.97. The van der Waals surface area contributed by atoms with E-state index in [2.05, 4.69) is 29.4 Å². The Hall–Kier alpha value is -4.37. The minimum absolute atomic E-state index is 0.366. The first kappa shape index (κ1) is 30.6. The van der Waals surface area contributed by atoms with Crippen LogP contribution in [0.1, 0.15) is 38.7 Å². The van der Waals surface area contributed by atoms with Crippen LogP contribution in [0.3, 0.4) is 0 Å². The van der Waals surface area contributed by atoms with Gasteiger partial charge in [0.1, 0.15) is 23.2 Å². The number of amides is 2.